The van der Waals surface area contributed by atoms with Gasteiger partial charge < -0.3 is 21.5 Å². The fourth-order valence-electron chi connectivity index (χ4n) is 3.55. The van der Waals surface area contributed by atoms with Gasteiger partial charge >= 0.3 is 7.12 Å². The average molecular weight is 525 g/mol. The minimum atomic E-state index is -1.04. The van der Waals surface area contributed by atoms with Gasteiger partial charge in [0.2, 0.25) is 0 Å². The number of benzene rings is 2. The van der Waals surface area contributed by atoms with Crippen molar-refractivity contribution in [3.05, 3.63) is 56.6 Å². The summed E-state index contributed by atoms with van der Waals surface area (Å²) in [7, 11) is -1.04. The SMILES string of the molecule is CC(C)c1cc(C#N)cc(Br)c1N.CC(C)c1cc(C#N)cc(C2CC2)c1N.OB(O)C1CC1. The molecule has 0 heterocycles. The third-order valence-corrected chi connectivity index (χ3v) is 6.62. The van der Waals surface area contributed by atoms with Crippen LogP contribution in [0.4, 0.5) is 11.4 Å². The summed E-state index contributed by atoms with van der Waals surface area (Å²) < 4.78 is 0.801. The second kappa shape index (κ2) is 12.3. The molecule has 2 aliphatic carbocycles. The Bertz CT molecular complexity index is 1060. The predicted octanol–water partition coefficient (Wildman–Crippen LogP) is 5.79. The lowest BCUT2D eigenvalue weighted by atomic mass is 9.84. The maximum atomic E-state index is 8.97. The van der Waals surface area contributed by atoms with Crippen molar-refractivity contribution in [2.45, 2.75) is 76.9 Å². The third kappa shape index (κ3) is 7.77. The van der Waals surface area contributed by atoms with Crippen molar-refractivity contribution in [1.29, 1.82) is 10.5 Å². The smallest absolute Gasteiger partial charge is 0.427 e. The number of nitrogens with two attached hydrogens (primary N) is 2. The van der Waals surface area contributed by atoms with Crippen molar-refractivity contribution in [2.75, 3.05) is 11.5 Å². The van der Waals surface area contributed by atoms with Crippen LogP contribution in [0, 0.1) is 22.7 Å². The first-order valence-corrected chi connectivity index (χ1v) is 12.5. The minimum Gasteiger partial charge on any atom is -0.427 e. The van der Waals surface area contributed by atoms with Crippen LogP contribution in [0.2, 0.25) is 5.82 Å². The van der Waals surface area contributed by atoms with Crippen molar-refractivity contribution in [2.24, 2.45) is 0 Å². The van der Waals surface area contributed by atoms with E-state index in [9.17, 15) is 0 Å². The second-order valence-electron chi connectivity index (χ2n) is 9.59. The summed E-state index contributed by atoms with van der Waals surface area (Å²) in [5.41, 5.74) is 18.4. The summed E-state index contributed by atoms with van der Waals surface area (Å²) in [6.45, 7) is 8.34. The molecule has 2 aromatic rings. The summed E-state index contributed by atoms with van der Waals surface area (Å²) in [5, 5.41) is 34.2. The van der Waals surface area contributed by atoms with E-state index in [2.05, 4.69) is 55.8 Å². The normalized spacial score (nSPS) is 14.3. The molecule has 6 nitrogen and oxygen atoms in total. The van der Waals surface area contributed by atoms with Gasteiger partial charge in [-0.3, -0.25) is 0 Å². The third-order valence-electron chi connectivity index (χ3n) is 5.97. The van der Waals surface area contributed by atoms with E-state index in [1.807, 2.05) is 18.2 Å². The molecule has 6 N–H and O–H groups in total. The van der Waals surface area contributed by atoms with Crippen LogP contribution in [0.1, 0.15) is 98.9 Å². The summed E-state index contributed by atoms with van der Waals surface area (Å²) >= 11 is 3.33. The van der Waals surface area contributed by atoms with E-state index in [0.29, 0.717) is 23.3 Å². The molecule has 0 atom stereocenters. The average Bonchev–Trinajstić information content (AvgIpc) is 3.69. The van der Waals surface area contributed by atoms with Gasteiger partial charge in [-0.1, -0.05) is 40.5 Å². The first-order valence-electron chi connectivity index (χ1n) is 11.7. The van der Waals surface area contributed by atoms with Crippen LogP contribution >= 0.6 is 15.9 Å². The number of rotatable bonds is 4. The molecule has 2 aliphatic rings. The number of nitrogens with zero attached hydrogens (tertiary/aromatic N) is 2. The highest BCUT2D eigenvalue weighted by atomic mass is 79.9. The fraction of sp³-hybridized carbons (Fsp3) is 0.462. The first-order chi connectivity index (χ1) is 16.0. The Labute approximate surface area is 211 Å². The number of hydrogen-bond donors (Lipinski definition) is 4. The summed E-state index contributed by atoms with van der Waals surface area (Å²) in [5.74, 6) is 1.54. The van der Waals surface area contributed by atoms with Gasteiger partial charge in [-0.05, 0) is 93.3 Å². The largest absolute Gasteiger partial charge is 0.454 e. The lowest BCUT2D eigenvalue weighted by Gasteiger charge is -2.14. The Morgan fingerprint density at radius 2 is 1.32 bits per heavy atom. The van der Waals surface area contributed by atoms with E-state index in [0.717, 1.165) is 45.4 Å². The molecule has 2 aromatic carbocycles. The molecule has 0 amide bonds. The topological polar surface area (TPSA) is 140 Å². The van der Waals surface area contributed by atoms with E-state index < -0.39 is 7.12 Å². The Hall–Kier alpha value is -2.52. The van der Waals surface area contributed by atoms with Crippen LogP contribution in [0.15, 0.2) is 28.7 Å². The number of anilines is 2. The van der Waals surface area contributed by atoms with Gasteiger partial charge in [-0.25, -0.2) is 0 Å². The molecule has 8 heteroatoms. The molecule has 0 bridgehead atoms. The molecule has 0 aromatic heterocycles. The molecule has 180 valence electrons. The number of halogens is 1. The zero-order valence-corrected chi connectivity index (χ0v) is 21.9. The first kappa shape index (κ1) is 27.7. The predicted molar refractivity (Wildman–Crippen MR) is 142 cm³/mol. The maximum absolute atomic E-state index is 8.97. The van der Waals surface area contributed by atoms with Crippen LogP contribution in [0.25, 0.3) is 0 Å². The van der Waals surface area contributed by atoms with Gasteiger partial charge in [-0.2, -0.15) is 10.5 Å². The molecule has 0 aliphatic heterocycles. The van der Waals surface area contributed by atoms with Crippen molar-refractivity contribution < 1.29 is 10.0 Å². The van der Waals surface area contributed by atoms with Crippen molar-refractivity contribution >= 4 is 34.4 Å². The van der Waals surface area contributed by atoms with Crippen molar-refractivity contribution in [1.82, 2.24) is 0 Å². The second-order valence-corrected chi connectivity index (χ2v) is 10.4. The number of hydrogen-bond acceptors (Lipinski definition) is 6. The molecule has 2 saturated carbocycles. The maximum Gasteiger partial charge on any atom is 0.454 e. The Morgan fingerprint density at radius 3 is 1.68 bits per heavy atom. The molecule has 0 saturated heterocycles. The molecule has 2 fully saturated rings. The molecular formula is C26H34BBrN4O2. The lowest BCUT2D eigenvalue weighted by Crippen LogP contribution is -2.09. The van der Waals surface area contributed by atoms with Crippen molar-refractivity contribution in [3.8, 4) is 12.1 Å². The molecule has 0 radical (unpaired) electrons. The van der Waals surface area contributed by atoms with Crippen LogP contribution in [-0.2, 0) is 0 Å². The number of nitrogen functional groups attached to an aromatic ring is 2. The van der Waals surface area contributed by atoms with Crippen LogP contribution in [-0.4, -0.2) is 17.2 Å². The summed E-state index contributed by atoms with van der Waals surface area (Å²) in [6, 6.07) is 11.8. The Balaban J connectivity index is 0.000000195. The zero-order chi connectivity index (χ0) is 25.6. The highest BCUT2D eigenvalue weighted by Crippen LogP contribution is 2.45. The van der Waals surface area contributed by atoms with E-state index in [-0.39, 0.29) is 5.82 Å². The minimum absolute atomic E-state index is 0.213. The van der Waals surface area contributed by atoms with Gasteiger partial charge in [0.05, 0.1) is 23.3 Å². The van der Waals surface area contributed by atoms with Crippen LogP contribution in [0.5, 0.6) is 0 Å². The highest BCUT2D eigenvalue weighted by Gasteiger charge is 2.33. The fourth-order valence-corrected chi connectivity index (χ4v) is 4.02. The van der Waals surface area contributed by atoms with E-state index in [1.54, 1.807) is 6.07 Å². The number of nitriles is 2. The van der Waals surface area contributed by atoms with E-state index in [4.69, 9.17) is 32.0 Å². The van der Waals surface area contributed by atoms with Gasteiger partial charge in [0.1, 0.15) is 0 Å². The standard InChI is InChI=1S/C13H16N2.C10H11BrN2.C3H7BO2/c1-8(2)11-5-9(7-14)6-12(13(11)15)10-3-4-10;1-6(2)8-3-7(5-12)4-9(11)10(8)13;5-4(6)3-1-2-3/h5-6,8,10H,3-4,15H2,1-2H3;3-4,6H,13H2,1-2H3;3,5-6H,1-2H2. The van der Waals surface area contributed by atoms with Gasteiger partial charge in [0.25, 0.3) is 0 Å². The van der Waals surface area contributed by atoms with Gasteiger partial charge in [-0.15, -0.1) is 0 Å². The van der Waals surface area contributed by atoms with Crippen molar-refractivity contribution in [3.63, 3.8) is 0 Å². The van der Waals surface area contributed by atoms with Crippen LogP contribution < -0.4 is 11.5 Å². The van der Waals surface area contributed by atoms with Gasteiger partial charge in [0, 0.05) is 15.8 Å². The lowest BCUT2D eigenvalue weighted by molar-refractivity contribution is 0.403. The Kier molecular flexibility index (Phi) is 10.0. The van der Waals surface area contributed by atoms with Gasteiger partial charge in [0.15, 0.2) is 0 Å². The van der Waals surface area contributed by atoms with E-state index in [1.165, 1.54) is 18.4 Å². The molecule has 0 spiro atoms. The summed E-state index contributed by atoms with van der Waals surface area (Å²) in [4.78, 5) is 0. The molecule has 34 heavy (non-hydrogen) atoms. The molecule has 4 rings (SSSR count). The quantitative estimate of drug-likeness (QED) is 0.294. The highest BCUT2D eigenvalue weighted by molar-refractivity contribution is 9.10. The molecular weight excluding hydrogens is 491 g/mol. The Morgan fingerprint density at radius 1 is 0.853 bits per heavy atom. The molecule has 0 unspecified atom stereocenters. The monoisotopic (exact) mass is 524 g/mol. The van der Waals surface area contributed by atoms with Crippen LogP contribution in [0.3, 0.4) is 0 Å². The zero-order valence-electron chi connectivity index (χ0n) is 20.3. The summed E-state index contributed by atoms with van der Waals surface area (Å²) in [6.07, 6.45) is 4.43. The van der Waals surface area contributed by atoms with E-state index >= 15 is 0 Å².